The van der Waals surface area contributed by atoms with Crippen LogP contribution in [0.25, 0.3) is 11.0 Å². The monoisotopic (exact) mass is 355 g/mol. The number of rotatable bonds is 6. The van der Waals surface area contributed by atoms with E-state index in [1.807, 2.05) is 33.0 Å². The highest BCUT2D eigenvalue weighted by Gasteiger charge is 2.10. The molecule has 0 aliphatic heterocycles. The van der Waals surface area contributed by atoms with E-state index < -0.39 is 0 Å². The second-order valence-corrected chi connectivity index (χ2v) is 6.76. The summed E-state index contributed by atoms with van der Waals surface area (Å²) < 4.78 is 13.2. The van der Waals surface area contributed by atoms with Gasteiger partial charge >= 0.3 is 5.63 Å². The molecule has 1 unspecified atom stereocenters. The molecule has 6 nitrogen and oxygen atoms in total. The van der Waals surface area contributed by atoms with Gasteiger partial charge in [0.15, 0.2) is 0 Å². The maximum absolute atomic E-state index is 11.5. The van der Waals surface area contributed by atoms with Crippen LogP contribution in [0.5, 0.6) is 5.75 Å². The number of imidazole rings is 1. The van der Waals surface area contributed by atoms with Crippen molar-refractivity contribution in [2.75, 3.05) is 6.61 Å². The van der Waals surface area contributed by atoms with Crippen molar-refractivity contribution >= 4 is 11.0 Å². The fraction of sp³-hybridized carbons (Fsp3) is 0.400. The Hall–Kier alpha value is -2.60. The molecule has 1 aromatic carbocycles. The number of aryl methyl sites for hydroxylation is 2. The molecule has 2 heterocycles. The third-order valence-corrected chi connectivity index (χ3v) is 4.74. The van der Waals surface area contributed by atoms with Crippen LogP contribution < -0.4 is 15.7 Å². The lowest BCUT2D eigenvalue weighted by Gasteiger charge is -2.15. The number of ether oxygens (including phenoxy) is 1. The van der Waals surface area contributed by atoms with Gasteiger partial charge in [-0.2, -0.15) is 0 Å². The summed E-state index contributed by atoms with van der Waals surface area (Å²) >= 11 is 0. The normalized spacial score (nSPS) is 12.5. The lowest BCUT2D eigenvalue weighted by atomic mass is 10.1. The highest BCUT2D eigenvalue weighted by atomic mass is 16.5. The molecule has 0 bridgehead atoms. The van der Waals surface area contributed by atoms with E-state index in [2.05, 4.69) is 28.7 Å². The summed E-state index contributed by atoms with van der Waals surface area (Å²) in [5, 5.41) is 4.34. The molecule has 0 saturated carbocycles. The average molecular weight is 355 g/mol. The van der Waals surface area contributed by atoms with Gasteiger partial charge in [0.05, 0.1) is 12.2 Å². The zero-order chi connectivity index (χ0) is 18.8. The number of nitrogens with one attached hydrogen (secondary N) is 1. The zero-order valence-corrected chi connectivity index (χ0v) is 15.9. The molecular formula is C20H25N3O3. The number of nitrogens with zero attached hydrogens (tertiary/aromatic N) is 2. The van der Waals surface area contributed by atoms with Gasteiger partial charge < -0.3 is 19.0 Å². The number of aromatic nitrogens is 2. The van der Waals surface area contributed by atoms with Gasteiger partial charge in [-0.3, -0.25) is 0 Å². The van der Waals surface area contributed by atoms with Crippen LogP contribution in [0.15, 0.2) is 33.5 Å². The molecule has 2 aromatic heterocycles. The quantitative estimate of drug-likeness (QED) is 0.689. The molecule has 26 heavy (non-hydrogen) atoms. The van der Waals surface area contributed by atoms with Crippen molar-refractivity contribution in [3.05, 3.63) is 57.5 Å². The first-order chi connectivity index (χ1) is 12.3. The van der Waals surface area contributed by atoms with E-state index in [4.69, 9.17) is 9.15 Å². The van der Waals surface area contributed by atoms with Crippen molar-refractivity contribution in [3.63, 3.8) is 0 Å². The Morgan fingerprint density at radius 1 is 1.27 bits per heavy atom. The van der Waals surface area contributed by atoms with Crippen LogP contribution in [0.1, 0.15) is 29.7 Å². The summed E-state index contributed by atoms with van der Waals surface area (Å²) in [7, 11) is 2.03. The summed E-state index contributed by atoms with van der Waals surface area (Å²) in [5.41, 5.74) is 3.34. The number of fused-ring (bicyclic) bond motifs is 1. The molecule has 3 aromatic rings. The van der Waals surface area contributed by atoms with Gasteiger partial charge in [-0.15, -0.1) is 0 Å². The van der Waals surface area contributed by atoms with Gasteiger partial charge in [-0.25, -0.2) is 9.78 Å². The largest absolute Gasteiger partial charge is 0.492 e. The van der Waals surface area contributed by atoms with Crippen LogP contribution in [0.3, 0.4) is 0 Å². The second kappa shape index (κ2) is 7.33. The van der Waals surface area contributed by atoms with Crippen molar-refractivity contribution in [2.45, 2.75) is 40.3 Å². The summed E-state index contributed by atoms with van der Waals surface area (Å²) in [6, 6.07) is 7.22. The molecule has 138 valence electrons. The maximum Gasteiger partial charge on any atom is 0.336 e. The van der Waals surface area contributed by atoms with Crippen molar-refractivity contribution < 1.29 is 9.15 Å². The molecule has 0 radical (unpaired) electrons. The summed E-state index contributed by atoms with van der Waals surface area (Å²) in [4.78, 5) is 16.1. The molecule has 0 spiro atoms. The smallest absolute Gasteiger partial charge is 0.336 e. The lowest BCUT2D eigenvalue weighted by Crippen LogP contribution is -2.32. The maximum atomic E-state index is 11.5. The summed E-state index contributed by atoms with van der Waals surface area (Å²) in [5.74, 6) is 1.69. The number of benzene rings is 1. The van der Waals surface area contributed by atoms with Gasteiger partial charge in [0.2, 0.25) is 0 Å². The first-order valence-corrected chi connectivity index (χ1v) is 8.74. The summed E-state index contributed by atoms with van der Waals surface area (Å²) in [6.45, 7) is 9.23. The molecule has 0 aliphatic carbocycles. The standard InChI is InChI=1S/C20H25N3O3/c1-12-8-20(24)26-18-9-16(6-7-17(12)18)25-11-13(2)21-10-19-22-14(3)15(4)23(19)5/h6-9,13,21H,10-11H2,1-5H3. The van der Waals surface area contributed by atoms with Gasteiger partial charge in [-0.1, -0.05) is 0 Å². The number of hydrogen-bond donors (Lipinski definition) is 1. The van der Waals surface area contributed by atoms with E-state index in [0.717, 1.165) is 22.5 Å². The molecule has 6 heteroatoms. The van der Waals surface area contributed by atoms with Crippen LogP contribution in [0.2, 0.25) is 0 Å². The molecule has 3 rings (SSSR count). The molecule has 0 amide bonds. The van der Waals surface area contributed by atoms with E-state index in [-0.39, 0.29) is 11.7 Å². The van der Waals surface area contributed by atoms with E-state index in [1.54, 1.807) is 6.07 Å². The van der Waals surface area contributed by atoms with Crippen molar-refractivity contribution in [3.8, 4) is 5.75 Å². The lowest BCUT2D eigenvalue weighted by molar-refractivity contribution is 0.271. The van der Waals surface area contributed by atoms with Gasteiger partial charge in [0.1, 0.15) is 23.8 Å². The van der Waals surface area contributed by atoms with E-state index in [1.165, 1.54) is 11.8 Å². The Morgan fingerprint density at radius 2 is 2.04 bits per heavy atom. The first-order valence-electron chi connectivity index (χ1n) is 8.74. The van der Waals surface area contributed by atoms with E-state index in [9.17, 15) is 4.79 Å². The summed E-state index contributed by atoms with van der Waals surface area (Å²) in [6.07, 6.45) is 0. The van der Waals surface area contributed by atoms with Crippen molar-refractivity contribution in [2.24, 2.45) is 7.05 Å². The van der Waals surface area contributed by atoms with E-state index in [0.29, 0.717) is 24.5 Å². The Morgan fingerprint density at radius 3 is 2.73 bits per heavy atom. The minimum absolute atomic E-state index is 0.146. The predicted octanol–water partition coefficient (Wildman–Crippen LogP) is 3.01. The number of hydrogen-bond acceptors (Lipinski definition) is 5. The molecule has 1 atom stereocenters. The minimum atomic E-state index is -0.345. The third-order valence-electron chi connectivity index (χ3n) is 4.74. The van der Waals surface area contributed by atoms with Gasteiger partial charge in [0, 0.05) is 36.3 Å². The van der Waals surface area contributed by atoms with Gasteiger partial charge in [0.25, 0.3) is 0 Å². The fourth-order valence-corrected chi connectivity index (χ4v) is 2.88. The van der Waals surface area contributed by atoms with Crippen LogP contribution in [0, 0.1) is 20.8 Å². The SMILES string of the molecule is Cc1nc(CNC(C)COc2ccc3c(C)cc(=O)oc3c2)n(C)c1C. The topological polar surface area (TPSA) is 69.3 Å². The Balaban J connectivity index is 1.60. The molecule has 1 N–H and O–H groups in total. The highest BCUT2D eigenvalue weighted by molar-refractivity contribution is 5.81. The van der Waals surface area contributed by atoms with Gasteiger partial charge in [-0.05, 0) is 45.4 Å². The Bertz CT molecular complexity index is 988. The fourth-order valence-electron chi connectivity index (χ4n) is 2.88. The minimum Gasteiger partial charge on any atom is -0.492 e. The molecule has 0 fully saturated rings. The first kappa shape index (κ1) is 18.2. The van der Waals surface area contributed by atoms with Crippen molar-refractivity contribution in [1.29, 1.82) is 0 Å². The Kier molecular flexibility index (Phi) is 5.13. The van der Waals surface area contributed by atoms with Crippen molar-refractivity contribution in [1.82, 2.24) is 14.9 Å². The third kappa shape index (κ3) is 3.80. The van der Waals surface area contributed by atoms with Crippen LogP contribution in [-0.2, 0) is 13.6 Å². The molecule has 0 saturated heterocycles. The van der Waals surface area contributed by atoms with Crippen LogP contribution in [-0.4, -0.2) is 22.2 Å². The average Bonchev–Trinajstić information content (AvgIpc) is 2.84. The Labute approximate surface area is 152 Å². The molecule has 0 aliphatic rings. The second-order valence-electron chi connectivity index (χ2n) is 6.76. The predicted molar refractivity (Wildman–Crippen MR) is 102 cm³/mol. The highest BCUT2D eigenvalue weighted by Crippen LogP contribution is 2.22. The zero-order valence-electron chi connectivity index (χ0n) is 15.9. The van der Waals surface area contributed by atoms with E-state index >= 15 is 0 Å². The van der Waals surface area contributed by atoms with Crippen LogP contribution >= 0.6 is 0 Å². The van der Waals surface area contributed by atoms with Crippen LogP contribution in [0.4, 0.5) is 0 Å². The molecular weight excluding hydrogens is 330 g/mol.